The minimum absolute atomic E-state index is 0.0376. The van der Waals surface area contributed by atoms with Gasteiger partial charge in [-0.1, -0.05) is 68.8 Å². The number of carbonyl (C=O) groups excluding carboxylic acids is 2. The molecule has 4 heterocycles. The van der Waals surface area contributed by atoms with Crippen LogP contribution in [0.5, 0.6) is 0 Å². The molecule has 0 unspecified atom stereocenters. The fraction of sp³-hybridized carbons (Fsp3) is 0.306. The highest BCUT2D eigenvalue weighted by atomic mass is 35.5. The van der Waals surface area contributed by atoms with Crippen molar-refractivity contribution in [2.75, 3.05) is 6.61 Å². The minimum atomic E-state index is -2.98. The van der Waals surface area contributed by atoms with E-state index in [1.54, 1.807) is 48.5 Å². The third-order valence-electron chi connectivity index (χ3n) is 8.53. The SMILES string of the molecule is CC(C)(C)C[C@]1(c2ccc(-c3cnn(C(F)F)c3)cc2)N=C(N)N([C@H](COC(=O)Cc2ccccn2)c2ccc(Cl)c(-n3ncnc3C(F)F)c2)C1=O. The Morgan fingerprint density at radius 2 is 1.75 bits per heavy atom. The van der Waals surface area contributed by atoms with E-state index < -0.39 is 54.3 Å². The molecule has 0 aliphatic carbocycles. The number of nitrogens with zero attached hydrogens (tertiary/aromatic N) is 8. The van der Waals surface area contributed by atoms with Gasteiger partial charge in [-0.3, -0.25) is 19.5 Å². The number of pyridine rings is 1. The molecule has 0 fully saturated rings. The van der Waals surface area contributed by atoms with Crippen molar-refractivity contribution < 1.29 is 31.9 Å². The number of guanidine groups is 1. The van der Waals surface area contributed by atoms with Crippen LogP contribution >= 0.6 is 11.6 Å². The van der Waals surface area contributed by atoms with Crippen LogP contribution in [0.25, 0.3) is 16.8 Å². The maximum atomic E-state index is 15.0. The highest BCUT2D eigenvalue weighted by Gasteiger charge is 2.53. The number of aromatic nitrogens is 6. The number of nitrogens with two attached hydrogens (primary N) is 1. The molecular formula is C36H34ClF4N9O3. The number of ether oxygens (including phenoxy) is 1. The van der Waals surface area contributed by atoms with E-state index in [2.05, 4.69) is 20.2 Å². The van der Waals surface area contributed by atoms with E-state index in [1.807, 2.05) is 20.8 Å². The van der Waals surface area contributed by atoms with E-state index in [-0.39, 0.29) is 29.5 Å². The van der Waals surface area contributed by atoms with Gasteiger partial charge in [-0.25, -0.2) is 28.1 Å². The first-order chi connectivity index (χ1) is 25.2. The second-order valence-electron chi connectivity index (χ2n) is 13.5. The van der Waals surface area contributed by atoms with E-state index in [9.17, 15) is 27.2 Å². The number of esters is 1. The standard InChI is InChI=1S/C36H34ClF4N9O3/c1-35(2,3)19-36(24-10-7-21(8-11-24)23-16-45-48(17-23)33(40)41)32(52)49(34(42)47-36)28(18-53-29(51)15-25-6-4-5-13-43-25)22-9-12-26(37)27(14-22)50-31(30(38)39)44-20-46-50/h4-14,16-17,20,28,30,33H,15,18-19H2,1-3H3,(H2,42,47)/t28-,36-/m1/s1. The Morgan fingerprint density at radius 1 is 1.00 bits per heavy atom. The Bertz CT molecular complexity index is 2140. The summed E-state index contributed by atoms with van der Waals surface area (Å²) in [5.74, 6) is -2.03. The van der Waals surface area contributed by atoms with Crippen molar-refractivity contribution in [3.63, 3.8) is 0 Å². The van der Waals surface area contributed by atoms with E-state index in [4.69, 9.17) is 27.1 Å². The Hall–Kier alpha value is -5.64. The summed E-state index contributed by atoms with van der Waals surface area (Å²) in [6, 6.07) is 15.1. The van der Waals surface area contributed by atoms with Gasteiger partial charge in [0, 0.05) is 18.0 Å². The highest BCUT2D eigenvalue weighted by molar-refractivity contribution is 6.32. The Kier molecular flexibility index (Phi) is 10.3. The third-order valence-corrected chi connectivity index (χ3v) is 8.85. The smallest absolute Gasteiger partial charge is 0.333 e. The molecule has 12 nitrogen and oxygen atoms in total. The molecule has 2 aromatic carbocycles. The lowest BCUT2D eigenvalue weighted by atomic mass is 9.75. The van der Waals surface area contributed by atoms with Crippen molar-refractivity contribution >= 4 is 29.4 Å². The predicted molar refractivity (Wildman–Crippen MR) is 186 cm³/mol. The molecule has 276 valence electrons. The van der Waals surface area contributed by atoms with Gasteiger partial charge >= 0.3 is 12.5 Å². The summed E-state index contributed by atoms with van der Waals surface area (Å²) >= 11 is 6.48. The molecule has 1 amide bonds. The van der Waals surface area contributed by atoms with Crippen LogP contribution in [0.3, 0.4) is 0 Å². The molecule has 2 atom stereocenters. The molecule has 0 radical (unpaired) electrons. The van der Waals surface area contributed by atoms with Gasteiger partial charge in [0.15, 0.2) is 17.3 Å². The van der Waals surface area contributed by atoms with Gasteiger partial charge in [0.2, 0.25) is 0 Å². The third kappa shape index (κ3) is 7.77. The van der Waals surface area contributed by atoms with Crippen LogP contribution in [-0.2, 0) is 26.3 Å². The number of halogens is 5. The maximum absolute atomic E-state index is 15.0. The van der Waals surface area contributed by atoms with E-state index >= 15 is 0 Å². The van der Waals surface area contributed by atoms with Crippen molar-refractivity contribution in [2.24, 2.45) is 16.1 Å². The first-order valence-corrected chi connectivity index (χ1v) is 16.7. The monoisotopic (exact) mass is 751 g/mol. The van der Waals surface area contributed by atoms with Crippen LogP contribution in [-0.4, -0.2) is 58.9 Å². The highest BCUT2D eigenvalue weighted by Crippen LogP contribution is 2.45. The van der Waals surface area contributed by atoms with Gasteiger partial charge in [-0.15, -0.1) is 0 Å². The van der Waals surface area contributed by atoms with Crippen LogP contribution in [0.1, 0.15) is 68.9 Å². The fourth-order valence-corrected chi connectivity index (χ4v) is 6.48. The first kappa shape index (κ1) is 37.1. The molecule has 53 heavy (non-hydrogen) atoms. The molecule has 2 N–H and O–H groups in total. The van der Waals surface area contributed by atoms with Gasteiger partial charge in [-0.05, 0) is 52.8 Å². The molecule has 0 spiro atoms. The number of hydrogen-bond donors (Lipinski definition) is 1. The van der Waals surface area contributed by atoms with Crippen LogP contribution in [0, 0.1) is 5.41 Å². The van der Waals surface area contributed by atoms with Crippen molar-refractivity contribution in [1.29, 1.82) is 0 Å². The number of rotatable bonds is 12. The molecule has 0 bridgehead atoms. The molecule has 0 saturated heterocycles. The largest absolute Gasteiger partial charge is 0.463 e. The van der Waals surface area contributed by atoms with Crippen molar-refractivity contribution in [1.82, 2.24) is 34.4 Å². The average molecular weight is 752 g/mol. The van der Waals surface area contributed by atoms with E-state index in [0.29, 0.717) is 32.6 Å². The average Bonchev–Trinajstić information content (AvgIpc) is 3.85. The first-order valence-electron chi connectivity index (χ1n) is 16.3. The summed E-state index contributed by atoms with van der Waals surface area (Å²) in [5, 5.41) is 7.70. The van der Waals surface area contributed by atoms with Gasteiger partial charge in [0.25, 0.3) is 12.3 Å². The van der Waals surface area contributed by atoms with Crippen molar-refractivity contribution in [3.8, 4) is 16.8 Å². The molecular weight excluding hydrogens is 718 g/mol. The molecule has 1 aliphatic rings. The van der Waals surface area contributed by atoms with E-state index in [1.165, 1.54) is 35.6 Å². The summed E-state index contributed by atoms with van der Waals surface area (Å²) in [4.78, 5) is 41.9. The number of hydrogen-bond acceptors (Lipinski definition) is 9. The molecule has 5 aromatic rings. The summed E-state index contributed by atoms with van der Waals surface area (Å²) < 4.78 is 61.3. The molecule has 0 saturated carbocycles. The van der Waals surface area contributed by atoms with Gasteiger partial charge in [0.1, 0.15) is 12.9 Å². The number of alkyl halides is 4. The second kappa shape index (κ2) is 14.8. The lowest BCUT2D eigenvalue weighted by molar-refractivity contribution is -0.147. The van der Waals surface area contributed by atoms with Crippen LogP contribution in [0.4, 0.5) is 17.6 Å². The van der Waals surface area contributed by atoms with Crippen LogP contribution in [0.15, 0.2) is 90.6 Å². The Balaban J connectivity index is 1.40. The zero-order valence-electron chi connectivity index (χ0n) is 28.7. The van der Waals surface area contributed by atoms with Crippen LogP contribution < -0.4 is 5.73 Å². The zero-order chi connectivity index (χ0) is 38.1. The Morgan fingerprint density at radius 3 is 2.40 bits per heavy atom. The molecule has 1 aliphatic heterocycles. The quantitative estimate of drug-likeness (QED) is 0.108. The summed E-state index contributed by atoms with van der Waals surface area (Å²) in [7, 11) is 0. The van der Waals surface area contributed by atoms with Crippen molar-refractivity contribution in [3.05, 3.63) is 113 Å². The minimum Gasteiger partial charge on any atom is -0.463 e. The maximum Gasteiger partial charge on any atom is 0.333 e. The normalized spacial score (nSPS) is 16.8. The summed E-state index contributed by atoms with van der Waals surface area (Å²) in [6.07, 6.45) is 2.08. The zero-order valence-corrected chi connectivity index (χ0v) is 29.5. The Labute approximate surface area is 306 Å². The van der Waals surface area contributed by atoms with Crippen LogP contribution in [0.2, 0.25) is 5.02 Å². The number of amides is 1. The summed E-state index contributed by atoms with van der Waals surface area (Å²) in [5.41, 5.74) is 6.88. The fourth-order valence-electron chi connectivity index (χ4n) is 6.28. The predicted octanol–water partition coefficient (Wildman–Crippen LogP) is 6.83. The lowest BCUT2D eigenvalue weighted by Crippen LogP contribution is -2.47. The van der Waals surface area contributed by atoms with E-state index in [0.717, 1.165) is 11.0 Å². The second-order valence-corrected chi connectivity index (χ2v) is 14.0. The van der Waals surface area contributed by atoms with Gasteiger partial charge < -0.3 is 10.5 Å². The summed E-state index contributed by atoms with van der Waals surface area (Å²) in [6.45, 7) is 2.59. The van der Waals surface area contributed by atoms with Gasteiger partial charge in [0.05, 0.1) is 35.1 Å². The van der Waals surface area contributed by atoms with Gasteiger partial charge in [-0.2, -0.15) is 19.0 Å². The molecule has 17 heteroatoms. The topological polar surface area (TPSA) is 146 Å². The number of carbonyl (C=O) groups is 2. The molecule has 6 rings (SSSR count). The lowest BCUT2D eigenvalue weighted by Gasteiger charge is -2.35. The number of benzene rings is 2. The van der Waals surface area contributed by atoms with Crippen molar-refractivity contribution in [2.45, 2.75) is 58.2 Å². The number of aliphatic imine (C=N–C) groups is 1. The molecule has 3 aromatic heterocycles.